The number of para-hydroxylation sites is 1. The predicted octanol–water partition coefficient (Wildman–Crippen LogP) is 4.44. The molecule has 0 aliphatic carbocycles. The number of fused-ring (bicyclic) bond motifs is 2. The van der Waals surface area contributed by atoms with Crippen LogP contribution in [-0.4, -0.2) is 53.2 Å². The fourth-order valence-corrected chi connectivity index (χ4v) is 4.86. The second kappa shape index (κ2) is 8.87. The number of hydrogen-bond donors (Lipinski definition) is 0. The Balaban J connectivity index is 1.29. The van der Waals surface area contributed by atoms with Crippen LogP contribution in [0.3, 0.4) is 0 Å². The lowest BCUT2D eigenvalue weighted by Crippen LogP contribution is -2.48. The molecule has 168 valence electrons. The van der Waals surface area contributed by atoms with Crippen LogP contribution in [-0.2, 0) is 13.1 Å². The van der Waals surface area contributed by atoms with E-state index in [9.17, 15) is 4.79 Å². The summed E-state index contributed by atoms with van der Waals surface area (Å²) in [5, 5.41) is 1.19. The van der Waals surface area contributed by atoms with Gasteiger partial charge in [0, 0.05) is 50.2 Å². The van der Waals surface area contributed by atoms with Crippen LogP contribution in [0.25, 0.3) is 10.9 Å². The van der Waals surface area contributed by atoms with Gasteiger partial charge in [-0.3, -0.25) is 9.69 Å². The van der Waals surface area contributed by atoms with Crippen molar-refractivity contribution in [2.45, 2.75) is 39.8 Å². The van der Waals surface area contributed by atoms with Gasteiger partial charge in [0.05, 0.1) is 0 Å². The Morgan fingerprint density at radius 1 is 1.00 bits per heavy atom. The molecule has 0 radical (unpaired) electrons. The Morgan fingerprint density at radius 2 is 1.78 bits per heavy atom. The number of nitrogens with zero attached hydrogens (tertiary/aromatic N) is 3. The quantitative estimate of drug-likeness (QED) is 0.577. The molecule has 2 aromatic carbocycles. The van der Waals surface area contributed by atoms with Gasteiger partial charge < -0.3 is 18.9 Å². The maximum absolute atomic E-state index is 13.6. The summed E-state index contributed by atoms with van der Waals surface area (Å²) in [5.74, 6) is 1.81. The highest BCUT2D eigenvalue weighted by molar-refractivity contribution is 6.01. The second-order valence-electron chi connectivity index (χ2n) is 8.75. The number of unbranched alkanes of at least 4 members (excludes halogenated alkanes) is 1. The number of rotatable bonds is 6. The zero-order valence-corrected chi connectivity index (χ0v) is 19.0. The lowest BCUT2D eigenvalue weighted by Gasteiger charge is -2.35. The van der Waals surface area contributed by atoms with Crippen LogP contribution in [0.4, 0.5) is 0 Å². The number of carbonyl (C=O) groups is 1. The van der Waals surface area contributed by atoms with Gasteiger partial charge in [-0.25, -0.2) is 0 Å². The van der Waals surface area contributed by atoms with Gasteiger partial charge in [-0.15, -0.1) is 0 Å². The first kappa shape index (κ1) is 20.9. The number of amides is 1. The fraction of sp³-hybridized carbons (Fsp3) is 0.423. The molecule has 2 aliphatic rings. The molecule has 1 saturated heterocycles. The molecule has 2 aliphatic heterocycles. The molecule has 32 heavy (non-hydrogen) atoms. The number of hydrogen-bond acceptors (Lipinski definition) is 4. The Bertz CT molecular complexity index is 1130. The number of ether oxygens (including phenoxy) is 2. The molecule has 6 nitrogen and oxygen atoms in total. The largest absolute Gasteiger partial charge is 0.454 e. The Labute approximate surface area is 189 Å². The van der Waals surface area contributed by atoms with Crippen molar-refractivity contribution in [3.63, 3.8) is 0 Å². The van der Waals surface area contributed by atoms with E-state index in [1.54, 1.807) is 0 Å². The van der Waals surface area contributed by atoms with Gasteiger partial charge in [0.25, 0.3) is 5.91 Å². The molecule has 3 aromatic rings. The van der Waals surface area contributed by atoms with Crippen molar-refractivity contribution in [3.05, 3.63) is 59.3 Å². The van der Waals surface area contributed by atoms with Crippen LogP contribution in [0.15, 0.2) is 42.5 Å². The maximum atomic E-state index is 13.6. The summed E-state index contributed by atoms with van der Waals surface area (Å²) < 4.78 is 13.2. The Kier molecular flexibility index (Phi) is 5.79. The van der Waals surface area contributed by atoms with Gasteiger partial charge in [-0.1, -0.05) is 37.6 Å². The topological polar surface area (TPSA) is 46.9 Å². The summed E-state index contributed by atoms with van der Waals surface area (Å²) >= 11 is 0. The number of aromatic nitrogens is 1. The van der Waals surface area contributed by atoms with Crippen molar-refractivity contribution < 1.29 is 14.3 Å². The van der Waals surface area contributed by atoms with Crippen LogP contribution in [0, 0.1) is 6.92 Å². The van der Waals surface area contributed by atoms with Crippen LogP contribution < -0.4 is 9.47 Å². The summed E-state index contributed by atoms with van der Waals surface area (Å²) in [6.45, 7) is 9.56. The lowest BCUT2D eigenvalue weighted by atomic mass is 10.1. The van der Waals surface area contributed by atoms with Crippen molar-refractivity contribution in [2.75, 3.05) is 33.0 Å². The van der Waals surface area contributed by atoms with Gasteiger partial charge in [0.15, 0.2) is 11.5 Å². The Morgan fingerprint density at radius 3 is 2.59 bits per heavy atom. The molecule has 0 spiro atoms. The summed E-state index contributed by atoms with van der Waals surface area (Å²) in [6, 6.07) is 14.5. The molecule has 5 rings (SSSR count). The molecule has 0 bridgehead atoms. The van der Waals surface area contributed by atoms with E-state index in [2.05, 4.69) is 59.7 Å². The molecule has 0 atom stereocenters. The van der Waals surface area contributed by atoms with E-state index >= 15 is 0 Å². The third kappa shape index (κ3) is 3.84. The van der Waals surface area contributed by atoms with Crippen LogP contribution in [0.1, 0.15) is 41.4 Å². The maximum Gasteiger partial charge on any atom is 0.270 e. The van der Waals surface area contributed by atoms with Crippen molar-refractivity contribution in [2.24, 2.45) is 0 Å². The highest BCUT2D eigenvalue weighted by atomic mass is 16.7. The second-order valence-corrected chi connectivity index (χ2v) is 8.75. The van der Waals surface area contributed by atoms with Gasteiger partial charge in [0.2, 0.25) is 6.79 Å². The molecule has 0 saturated carbocycles. The van der Waals surface area contributed by atoms with Crippen molar-refractivity contribution in [1.29, 1.82) is 0 Å². The fourth-order valence-electron chi connectivity index (χ4n) is 4.86. The summed E-state index contributed by atoms with van der Waals surface area (Å²) in [6.07, 6.45) is 2.18. The zero-order valence-electron chi connectivity index (χ0n) is 19.0. The molecule has 3 heterocycles. The molecule has 6 heteroatoms. The summed E-state index contributed by atoms with van der Waals surface area (Å²) in [7, 11) is 0. The third-order valence-corrected chi connectivity index (χ3v) is 6.66. The minimum absolute atomic E-state index is 0.164. The van der Waals surface area contributed by atoms with E-state index in [0.717, 1.165) is 74.9 Å². The van der Waals surface area contributed by atoms with Crippen LogP contribution in [0.5, 0.6) is 11.5 Å². The number of carbonyl (C=O) groups excluding carboxylic acids is 1. The molecule has 1 amide bonds. The average molecular weight is 434 g/mol. The highest BCUT2D eigenvalue weighted by Crippen LogP contribution is 2.33. The molecule has 1 aromatic heterocycles. The first-order chi connectivity index (χ1) is 15.7. The average Bonchev–Trinajstić information content (AvgIpc) is 3.40. The van der Waals surface area contributed by atoms with E-state index in [0.29, 0.717) is 6.79 Å². The minimum atomic E-state index is 0.164. The third-order valence-electron chi connectivity index (χ3n) is 6.66. The van der Waals surface area contributed by atoms with Crippen molar-refractivity contribution in [1.82, 2.24) is 14.4 Å². The SMILES string of the molecule is CCCCn1c(C(=O)N2CCN(Cc3ccc4c(c3)OCO4)CC2)c(C)c2ccccc21. The molecular formula is C26H31N3O3. The van der Waals surface area contributed by atoms with Gasteiger partial charge >= 0.3 is 0 Å². The van der Waals surface area contributed by atoms with Crippen LogP contribution >= 0.6 is 0 Å². The standard InChI is InChI=1S/C26H31N3O3/c1-3-4-11-29-22-8-6-5-7-21(22)19(2)25(29)26(30)28-14-12-27(13-15-28)17-20-9-10-23-24(16-20)32-18-31-23/h5-10,16H,3-4,11-15,17-18H2,1-2H3. The minimum Gasteiger partial charge on any atom is -0.454 e. The van der Waals surface area contributed by atoms with Gasteiger partial charge in [-0.05, 0) is 42.7 Å². The highest BCUT2D eigenvalue weighted by Gasteiger charge is 2.27. The van der Waals surface area contributed by atoms with E-state index in [-0.39, 0.29) is 5.91 Å². The zero-order chi connectivity index (χ0) is 22.1. The van der Waals surface area contributed by atoms with Crippen LogP contribution in [0.2, 0.25) is 0 Å². The predicted molar refractivity (Wildman–Crippen MR) is 125 cm³/mol. The van der Waals surface area contributed by atoms with E-state index < -0.39 is 0 Å². The monoisotopic (exact) mass is 433 g/mol. The number of aryl methyl sites for hydroxylation is 2. The first-order valence-electron chi connectivity index (χ1n) is 11.6. The summed E-state index contributed by atoms with van der Waals surface area (Å²) in [4.78, 5) is 18.1. The van der Waals surface area contributed by atoms with E-state index in [1.807, 2.05) is 11.0 Å². The molecule has 1 fully saturated rings. The molecular weight excluding hydrogens is 402 g/mol. The smallest absolute Gasteiger partial charge is 0.270 e. The van der Waals surface area contributed by atoms with Gasteiger partial charge in [-0.2, -0.15) is 0 Å². The van der Waals surface area contributed by atoms with E-state index in [1.165, 1.54) is 16.5 Å². The normalized spacial score (nSPS) is 16.1. The number of benzene rings is 2. The number of piperazine rings is 1. The van der Waals surface area contributed by atoms with E-state index in [4.69, 9.17) is 9.47 Å². The molecule has 0 N–H and O–H groups in total. The molecule has 0 unspecified atom stereocenters. The Hall–Kier alpha value is -2.99. The van der Waals surface area contributed by atoms with Crippen molar-refractivity contribution in [3.8, 4) is 11.5 Å². The van der Waals surface area contributed by atoms with Crippen molar-refractivity contribution >= 4 is 16.8 Å². The van der Waals surface area contributed by atoms with Gasteiger partial charge in [0.1, 0.15) is 5.69 Å². The summed E-state index contributed by atoms with van der Waals surface area (Å²) in [5.41, 5.74) is 4.35. The first-order valence-corrected chi connectivity index (χ1v) is 11.6. The lowest BCUT2D eigenvalue weighted by molar-refractivity contribution is 0.0617.